The largest absolute Gasteiger partial charge is 0.495 e. The number of nitrogens with two attached hydrogens (primary N) is 1. The third kappa shape index (κ3) is 3.63. The Hall–Kier alpha value is -1.75. The molecule has 1 aliphatic heterocycles. The molecule has 5 nitrogen and oxygen atoms in total. The number of nitrogens with one attached hydrogen (secondary N) is 1. The molecule has 0 aliphatic carbocycles. The first-order valence-electron chi connectivity index (χ1n) is 7.00. The number of nitrogens with zero attached hydrogens (tertiary/aromatic N) is 1. The van der Waals surface area contributed by atoms with Gasteiger partial charge >= 0.3 is 0 Å². The van der Waals surface area contributed by atoms with Gasteiger partial charge in [-0.3, -0.25) is 4.79 Å². The Bertz CT molecular complexity index is 476. The zero-order valence-corrected chi connectivity index (χ0v) is 12.2. The minimum absolute atomic E-state index is 0.0727. The van der Waals surface area contributed by atoms with Crippen molar-refractivity contribution < 1.29 is 9.53 Å². The predicted octanol–water partition coefficient (Wildman–Crippen LogP) is 1.35. The van der Waals surface area contributed by atoms with E-state index in [9.17, 15) is 4.79 Å². The van der Waals surface area contributed by atoms with Gasteiger partial charge in [-0.1, -0.05) is 0 Å². The van der Waals surface area contributed by atoms with Crippen LogP contribution in [0.25, 0.3) is 0 Å². The average Bonchev–Trinajstić information content (AvgIpc) is 2.45. The van der Waals surface area contributed by atoms with Gasteiger partial charge in [0.25, 0.3) is 5.91 Å². The van der Waals surface area contributed by atoms with Crippen molar-refractivity contribution in [3.63, 3.8) is 0 Å². The number of hydrogen-bond donors (Lipinski definition) is 2. The Morgan fingerprint density at radius 2 is 2.35 bits per heavy atom. The molecule has 1 heterocycles. The number of rotatable bonds is 4. The van der Waals surface area contributed by atoms with Crippen LogP contribution in [0, 0.1) is 5.92 Å². The summed E-state index contributed by atoms with van der Waals surface area (Å²) in [5.41, 5.74) is 6.87. The van der Waals surface area contributed by atoms with Crippen molar-refractivity contribution in [3.8, 4) is 5.75 Å². The molecule has 1 amide bonds. The first-order chi connectivity index (χ1) is 9.60. The first-order valence-corrected chi connectivity index (χ1v) is 7.00. The van der Waals surface area contributed by atoms with E-state index < -0.39 is 0 Å². The van der Waals surface area contributed by atoms with Crippen LogP contribution in [-0.2, 0) is 0 Å². The number of hydrogen-bond acceptors (Lipinski definition) is 4. The van der Waals surface area contributed by atoms with Crippen LogP contribution in [0.3, 0.4) is 0 Å². The average molecular weight is 277 g/mol. The van der Waals surface area contributed by atoms with E-state index >= 15 is 0 Å². The summed E-state index contributed by atoms with van der Waals surface area (Å²) in [6.45, 7) is 2.92. The van der Waals surface area contributed by atoms with Crippen molar-refractivity contribution in [2.45, 2.75) is 12.8 Å². The van der Waals surface area contributed by atoms with Gasteiger partial charge in [0, 0.05) is 18.7 Å². The van der Waals surface area contributed by atoms with Crippen LogP contribution in [0.4, 0.5) is 5.69 Å². The summed E-state index contributed by atoms with van der Waals surface area (Å²) in [7, 11) is 3.67. The van der Waals surface area contributed by atoms with Gasteiger partial charge in [0.15, 0.2) is 0 Å². The highest BCUT2D eigenvalue weighted by molar-refractivity contribution is 5.95. The molecule has 0 saturated carbocycles. The van der Waals surface area contributed by atoms with Crippen LogP contribution in [-0.4, -0.2) is 44.6 Å². The van der Waals surface area contributed by atoms with Crippen molar-refractivity contribution in [1.29, 1.82) is 0 Å². The number of carbonyl (C=O) groups excluding carboxylic acids is 1. The summed E-state index contributed by atoms with van der Waals surface area (Å²) >= 11 is 0. The van der Waals surface area contributed by atoms with E-state index in [1.165, 1.54) is 12.8 Å². The normalized spacial score (nSPS) is 19.6. The molecule has 1 fully saturated rings. The van der Waals surface area contributed by atoms with Gasteiger partial charge in [-0.05, 0) is 50.6 Å². The third-order valence-corrected chi connectivity index (χ3v) is 3.77. The maximum Gasteiger partial charge on any atom is 0.251 e. The molecule has 0 spiro atoms. The monoisotopic (exact) mass is 277 g/mol. The lowest BCUT2D eigenvalue weighted by Crippen LogP contribution is -2.39. The molecule has 1 saturated heterocycles. The van der Waals surface area contributed by atoms with Crippen molar-refractivity contribution in [2.24, 2.45) is 5.92 Å². The second-order valence-electron chi connectivity index (χ2n) is 5.44. The molecular formula is C15H23N3O2. The Morgan fingerprint density at radius 3 is 3.05 bits per heavy atom. The van der Waals surface area contributed by atoms with Crippen molar-refractivity contribution in [2.75, 3.05) is 39.5 Å². The zero-order chi connectivity index (χ0) is 14.5. The van der Waals surface area contributed by atoms with Crippen molar-refractivity contribution >= 4 is 11.6 Å². The van der Waals surface area contributed by atoms with Crippen LogP contribution in [0.5, 0.6) is 5.75 Å². The van der Waals surface area contributed by atoms with Crippen molar-refractivity contribution in [1.82, 2.24) is 10.2 Å². The topological polar surface area (TPSA) is 67.6 Å². The highest BCUT2D eigenvalue weighted by Gasteiger charge is 2.18. The van der Waals surface area contributed by atoms with Gasteiger partial charge in [0.2, 0.25) is 0 Å². The van der Waals surface area contributed by atoms with Crippen LogP contribution < -0.4 is 15.8 Å². The van der Waals surface area contributed by atoms with E-state index in [2.05, 4.69) is 17.3 Å². The van der Waals surface area contributed by atoms with E-state index in [0.29, 0.717) is 22.9 Å². The summed E-state index contributed by atoms with van der Waals surface area (Å²) in [6.07, 6.45) is 2.38. The minimum Gasteiger partial charge on any atom is -0.495 e. The van der Waals surface area contributed by atoms with Crippen LogP contribution in [0.1, 0.15) is 23.2 Å². The lowest BCUT2D eigenvalue weighted by atomic mass is 9.98. The van der Waals surface area contributed by atoms with Gasteiger partial charge in [-0.15, -0.1) is 0 Å². The summed E-state index contributed by atoms with van der Waals surface area (Å²) in [5, 5.41) is 3.00. The molecule has 1 aromatic carbocycles. The maximum atomic E-state index is 12.1. The smallest absolute Gasteiger partial charge is 0.251 e. The summed E-state index contributed by atoms with van der Waals surface area (Å²) in [4.78, 5) is 14.4. The van der Waals surface area contributed by atoms with Gasteiger partial charge in [-0.25, -0.2) is 0 Å². The van der Waals surface area contributed by atoms with Gasteiger partial charge < -0.3 is 20.7 Å². The number of benzene rings is 1. The summed E-state index contributed by atoms with van der Waals surface area (Å²) in [5.74, 6) is 1.000. The molecule has 1 aromatic rings. The van der Waals surface area contributed by atoms with Crippen LogP contribution in [0.2, 0.25) is 0 Å². The molecule has 0 radical (unpaired) electrons. The van der Waals surface area contributed by atoms with Crippen LogP contribution in [0.15, 0.2) is 18.2 Å². The molecule has 1 atom stereocenters. The molecule has 1 unspecified atom stereocenters. The Labute approximate surface area is 120 Å². The number of piperidine rings is 1. The highest BCUT2D eigenvalue weighted by Crippen LogP contribution is 2.22. The van der Waals surface area contributed by atoms with Gasteiger partial charge in [0.05, 0.1) is 12.8 Å². The highest BCUT2D eigenvalue weighted by atomic mass is 16.5. The molecule has 20 heavy (non-hydrogen) atoms. The molecule has 1 aliphatic rings. The molecule has 2 rings (SSSR count). The third-order valence-electron chi connectivity index (χ3n) is 3.77. The quantitative estimate of drug-likeness (QED) is 0.815. The number of likely N-dealkylation sites (tertiary alicyclic amines) is 1. The molecular weight excluding hydrogens is 254 g/mol. The number of nitrogen functional groups attached to an aromatic ring is 1. The summed E-state index contributed by atoms with van der Waals surface area (Å²) in [6, 6.07) is 5.10. The fourth-order valence-corrected chi connectivity index (χ4v) is 2.63. The number of methoxy groups -OCH3 is 1. The zero-order valence-electron chi connectivity index (χ0n) is 12.2. The molecule has 3 N–H and O–H groups in total. The SMILES string of the molecule is COc1cc(C(=O)NCC2CCCN(C)C2)ccc1N. The second kappa shape index (κ2) is 6.61. The molecule has 0 aromatic heterocycles. The number of anilines is 1. The van der Waals surface area contributed by atoms with E-state index in [0.717, 1.165) is 19.6 Å². The van der Waals surface area contributed by atoms with E-state index in [-0.39, 0.29) is 5.91 Å². The van der Waals surface area contributed by atoms with E-state index in [1.54, 1.807) is 25.3 Å². The number of amides is 1. The fourth-order valence-electron chi connectivity index (χ4n) is 2.63. The maximum absolute atomic E-state index is 12.1. The number of ether oxygens (including phenoxy) is 1. The van der Waals surface area contributed by atoms with E-state index in [1.807, 2.05) is 0 Å². The minimum atomic E-state index is -0.0727. The lowest BCUT2D eigenvalue weighted by molar-refractivity contribution is 0.0936. The Balaban J connectivity index is 1.91. The Morgan fingerprint density at radius 1 is 1.55 bits per heavy atom. The molecule has 0 bridgehead atoms. The molecule has 110 valence electrons. The predicted molar refractivity (Wildman–Crippen MR) is 80.0 cm³/mol. The first kappa shape index (κ1) is 14.7. The van der Waals surface area contributed by atoms with Crippen molar-refractivity contribution in [3.05, 3.63) is 23.8 Å². The lowest BCUT2D eigenvalue weighted by Gasteiger charge is -2.29. The molecule has 5 heteroatoms. The fraction of sp³-hybridized carbons (Fsp3) is 0.533. The second-order valence-corrected chi connectivity index (χ2v) is 5.44. The standard InChI is InChI=1S/C15H23N3O2/c1-18-7-3-4-11(10-18)9-17-15(19)12-5-6-13(16)14(8-12)20-2/h5-6,8,11H,3-4,7,9-10,16H2,1-2H3,(H,17,19). The Kier molecular flexibility index (Phi) is 4.84. The van der Waals surface area contributed by atoms with E-state index in [4.69, 9.17) is 10.5 Å². The van der Waals surface area contributed by atoms with Crippen LogP contribution >= 0.6 is 0 Å². The van der Waals surface area contributed by atoms with Gasteiger partial charge in [-0.2, -0.15) is 0 Å². The summed E-state index contributed by atoms with van der Waals surface area (Å²) < 4.78 is 5.13. The van der Waals surface area contributed by atoms with Gasteiger partial charge in [0.1, 0.15) is 5.75 Å². The number of carbonyl (C=O) groups is 1.